The van der Waals surface area contributed by atoms with E-state index in [4.69, 9.17) is 28.9 Å². The van der Waals surface area contributed by atoms with Crippen LogP contribution in [0.1, 0.15) is 16.8 Å². The molecule has 2 atom stereocenters. The molecule has 0 bridgehead atoms. The van der Waals surface area contributed by atoms with Gasteiger partial charge in [-0.2, -0.15) is 0 Å². The summed E-state index contributed by atoms with van der Waals surface area (Å²) in [7, 11) is 1.25. The van der Waals surface area contributed by atoms with Crippen molar-refractivity contribution < 1.29 is 14.3 Å². The van der Waals surface area contributed by atoms with Crippen molar-refractivity contribution in [2.24, 2.45) is 11.7 Å². The van der Waals surface area contributed by atoms with Gasteiger partial charge in [0.05, 0.1) is 23.1 Å². The van der Waals surface area contributed by atoms with Gasteiger partial charge >= 0.3 is 5.97 Å². The van der Waals surface area contributed by atoms with Crippen LogP contribution >= 0.6 is 23.2 Å². The number of ketones is 1. The number of rotatable bonds is 3. The molecule has 0 spiro atoms. The van der Waals surface area contributed by atoms with Crippen molar-refractivity contribution in [3.8, 4) is 0 Å². The Labute approximate surface area is 114 Å². The van der Waals surface area contributed by atoms with Crippen molar-refractivity contribution in [2.45, 2.75) is 12.0 Å². The molecule has 1 aliphatic rings. The maximum Gasteiger partial charge on any atom is 0.326 e. The van der Waals surface area contributed by atoms with E-state index in [1.807, 2.05) is 0 Å². The molecule has 2 unspecified atom stereocenters. The van der Waals surface area contributed by atoms with Crippen LogP contribution in [0.25, 0.3) is 0 Å². The molecule has 18 heavy (non-hydrogen) atoms. The molecule has 0 heterocycles. The van der Waals surface area contributed by atoms with E-state index < -0.39 is 17.4 Å². The molecular weight excluding hydrogens is 277 g/mol. The van der Waals surface area contributed by atoms with E-state index in [1.165, 1.54) is 19.2 Å². The topological polar surface area (TPSA) is 69.4 Å². The highest BCUT2D eigenvalue weighted by Crippen LogP contribution is 2.44. The molecular formula is C12H11Cl2NO3. The smallest absolute Gasteiger partial charge is 0.326 e. The third-order valence-electron chi connectivity index (χ3n) is 3.09. The maximum absolute atomic E-state index is 12.1. The number of carbonyl (C=O) groups is 2. The van der Waals surface area contributed by atoms with Crippen LogP contribution in [-0.2, 0) is 9.53 Å². The lowest BCUT2D eigenvalue weighted by Gasteiger charge is -2.08. The van der Waals surface area contributed by atoms with Gasteiger partial charge in [0, 0.05) is 5.56 Å². The molecule has 2 N–H and O–H groups in total. The summed E-state index contributed by atoms with van der Waals surface area (Å²) < 4.78 is 4.57. The number of carbonyl (C=O) groups excluding carboxylic acids is 2. The van der Waals surface area contributed by atoms with Crippen molar-refractivity contribution in [3.63, 3.8) is 0 Å². The van der Waals surface area contributed by atoms with E-state index in [1.54, 1.807) is 6.07 Å². The minimum Gasteiger partial charge on any atom is -0.468 e. The number of esters is 1. The predicted molar refractivity (Wildman–Crippen MR) is 67.8 cm³/mol. The van der Waals surface area contributed by atoms with Gasteiger partial charge in [-0.15, -0.1) is 0 Å². The lowest BCUT2D eigenvalue weighted by molar-refractivity contribution is -0.143. The van der Waals surface area contributed by atoms with Gasteiger partial charge in [0.15, 0.2) is 5.78 Å². The second kappa shape index (κ2) is 4.53. The first kappa shape index (κ1) is 13.3. The molecule has 0 aliphatic heterocycles. The van der Waals surface area contributed by atoms with Gasteiger partial charge in [0.25, 0.3) is 0 Å². The van der Waals surface area contributed by atoms with Crippen LogP contribution in [0.3, 0.4) is 0 Å². The van der Waals surface area contributed by atoms with E-state index in [0.717, 1.165) is 0 Å². The van der Waals surface area contributed by atoms with Crippen LogP contribution in [0.4, 0.5) is 0 Å². The van der Waals surface area contributed by atoms with Gasteiger partial charge in [-0.3, -0.25) is 9.59 Å². The van der Waals surface area contributed by atoms with E-state index in [-0.39, 0.29) is 5.78 Å². The van der Waals surface area contributed by atoms with Gasteiger partial charge in [0.1, 0.15) is 5.54 Å². The third-order valence-corrected chi connectivity index (χ3v) is 3.83. The first-order chi connectivity index (χ1) is 8.40. The molecule has 2 rings (SSSR count). The zero-order valence-electron chi connectivity index (χ0n) is 9.57. The Morgan fingerprint density at radius 1 is 1.39 bits per heavy atom. The standard InChI is InChI=1S/C12H11Cl2NO3/c1-18-11(17)12(15)5-7(12)10(16)6-2-3-8(13)9(14)4-6/h2-4,7H,5,15H2,1H3. The largest absolute Gasteiger partial charge is 0.468 e. The highest BCUT2D eigenvalue weighted by atomic mass is 35.5. The SMILES string of the molecule is COC(=O)C1(N)CC1C(=O)c1ccc(Cl)c(Cl)c1. The number of methoxy groups -OCH3 is 1. The summed E-state index contributed by atoms with van der Waals surface area (Å²) >= 11 is 11.6. The second-order valence-corrected chi connectivity index (χ2v) is 5.10. The summed E-state index contributed by atoms with van der Waals surface area (Å²) in [5.41, 5.74) is 4.99. The van der Waals surface area contributed by atoms with Gasteiger partial charge in [-0.1, -0.05) is 23.2 Å². The van der Waals surface area contributed by atoms with E-state index in [0.29, 0.717) is 22.0 Å². The van der Waals surface area contributed by atoms with Crippen molar-refractivity contribution in [3.05, 3.63) is 33.8 Å². The average molecular weight is 288 g/mol. The molecule has 1 aliphatic carbocycles. The Morgan fingerprint density at radius 3 is 2.61 bits per heavy atom. The monoisotopic (exact) mass is 287 g/mol. The molecule has 0 aromatic heterocycles. The second-order valence-electron chi connectivity index (χ2n) is 4.28. The van der Waals surface area contributed by atoms with Crippen molar-refractivity contribution in [1.82, 2.24) is 0 Å². The fourth-order valence-electron chi connectivity index (χ4n) is 1.87. The van der Waals surface area contributed by atoms with Crippen molar-refractivity contribution in [1.29, 1.82) is 0 Å². The van der Waals surface area contributed by atoms with Crippen LogP contribution in [0, 0.1) is 5.92 Å². The number of ether oxygens (including phenoxy) is 1. The molecule has 96 valence electrons. The summed E-state index contributed by atoms with van der Waals surface area (Å²) in [5, 5.41) is 0.667. The van der Waals surface area contributed by atoms with Gasteiger partial charge in [-0.25, -0.2) is 0 Å². The molecule has 1 saturated carbocycles. The lowest BCUT2D eigenvalue weighted by Crippen LogP contribution is -2.38. The molecule has 0 saturated heterocycles. The summed E-state index contributed by atoms with van der Waals surface area (Å²) in [5.74, 6) is -1.34. The zero-order chi connectivity index (χ0) is 13.5. The molecule has 1 aromatic rings. The maximum atomic E-state index is 12.1. The zero-order valence-corrected chi connectivity index (χ0v) is 11.1. The minimum absolute atomic E-state index is 0.221. The summed E-state index contributed by atoms with van der Waals surface area (Å²) in [6.07, 6.45) is 0.290. The normalized spacial score (nSPS) is 25.7. The Balaban J connectivity index is 2.19. The fourth-order valence-corrected chi connectivity index (χ4v) is 2.17. The first-order valence-corrected chi connectivity index (χ1v) is 6.02. The van der Waals surface area contributed by atoms with Crippen LogP contribution in [-0.4, -0.2) is 24.4 Å². The van der Waals surface area contributed by atoms with Gasteiger partial charge in [0.2, 0.25) is 0 Å². The average Bonchev–Trinajstić information content (AvgIpc) is 3.04. The number of hydrogen-bond acceptors (Lipinski definition) is 4. The molecule has 4 nitrogen and oxygen atoms in total. The molecule has 6 heteroatoms. The molecule has 0 radical (unpaired) electrons. The van der Waals surface area contributed by atoms with Gasteiger partial charge < -0.3 is 10.5 Å². The quantitative estimate of drug-likeness (QED) is 0.683. The summed E-state index contributed by atoms with van der Waals surface area (Å²) in [6.45, 7) is 0. The minimum atomic E-state index is -1.20. The highest BCUT2D eigenvalue weighted by molar-refractivity contribution is 6.42. The van der Waals surface area contributed by atoms with E-state index >= 15 is 0 Å². The van der Waals surface area contributed by atoms with Crippen molar-refractivity contribution in [2.75, 3.05) is 7.11 Å². The number of nitrogens with two attached hydrogens (primary N) is 1. The van der Waals surface area contributed by atoms with Crippen LogP contribution in [0.15, 0.2) is 18.2 Å². The number of Topliss-reactive ketones (excluding diaryl/α,β-unsaturated/α-hetero) is 1. The third kappa shape index (κ3) is 2.11. The Hall–Kier alpha value is -1.10. The number of hydrogen-bond donors (Lipinski definition) is 1. The Bertz CT molecular complexity index is 532. The molecule has 1 aromatic carbocycles. The van der Waals surface area contributed by atoms with Crippen molar-refractivity contribution >= 4 is 35.0 Å². The Kier molecular flexibility index (Phi) is 3.36. The van der Waals surface area contributed by atoms with Crippen LogP contribution in [0.5, 0.6) is 0 Å². The molecule has 0 amide bonds. The predicted octanol–water partition coefficient (Wildman–Crippen LogP) is 2.07. The Morgan fingerprint density at radius 2 is 2.06 bits per heavy atom. The first-order valence-electron chi connectivity index (χ1n) is 5.26. The number of halogens is 2. The summed E-state index contributed by atoms with van der Waals surface area (Å²) in [6, 6.07) is 4.57. The summed E-state index contributed by atoms with van der Waals surface area (Å²) in [4.78, 5) is 23.5. The van der Waals surface area contributed by atoms with E-state index in [9.17, 15) is 9.59 Å². The van der Waals surface area contributed by atoms with Crippen LogP contribution < -0.4 is 5.73 Å². The highest BCUT2D eigenvalue weighted by Gasteiger charge is 2.61. The van der Waals surface area contributed by atoms with Gasteiger partial charge in [-0.05, 0) is 24.6 Å². The van der Waals surface area contributed by atoms with E-state index in [2.05, 4.69) is 4.74 Å². The molecule has 1 fully saturated rings. The number of benzene rings is 1. The fraction of sp³-hybridized carbons (Fsp3) is 0.333. The lowest BCUT2D eigenvalue weighted by atomic mass is 10.0. The van der Waals surface area contributed by atoms with Crippen LogP contribution in [0.2, 0.25) is 10.0 Å².